The number of amides is 1. The van der Waals surface area contributed by atoms with E-state index in [4.69, 9.17) is 0 Å². The highest BCUT2D eigenvalue weighted by Crippen LogP contribution is 2.15. The number of nitrogens with one attached hydrogen (secondary N) is 1. The Morgan fingerprint density at radius 2 is 1.95 bits per heavy atom. The van der Waals surface area contributed by atoms with Gasteiger partial charge in [-0.15, -0.1) is 0 Å². The molecule has 2 rings (SSSR count). The summed E-state index contributed by atoms with van der Waals surface area (Å²) in [4.78, 5) is 23.9. The molecule has 114 valence electrons. The van der Waals surface area contributed by atoms with Gasteiger partial charge in [0.15, 0.2) is 0 Å². The smallest absolute Gasteiger partial charge is 0.269 e. The third kappa shape index (κ3) is 4.73. The van der Waals surface area contributed by atoms with Crippen molar-refractivity contribution in [2.24, 2.45) is 0 Å². The average molecular weight is 291 g/mol. The molecule has 0 atom stereocenters. The van der Waals surface area contributed by atoms with E-state index in [1.165, 1.54) is 12.1 Å². The van der Waals surface area contributed by atoms with E-state index in [9.17, 15) is 14.9 Å². The fourth-order valence-electron chi connectivity index (χ4n) is 2.48. The van der Waals surface area contributed by atoms with Gasteiger partial charge in [-0.05, 0) is 31.4 Å². The lowest BCUT2D eigenvalue weighted by molar-refractivity contribution is -0.384. The van der Waals surface area contributed by atoms with Crippen LogP contribution in [0.2, 0.25) is 0 Å². The minimum atomic E-state index is -0.408. The summed E-state index contributed by atoms with van der Waals surface area (Å²) in [6, 6.07) is 6.38. The topological polar surface area (TPSA) is 75.5 Å². The van der Waals surface area contributed by atoms with Gasteiger partial charge in [0, 0.05) is 43.9 Å². The first-order chi connectivity index (χ1) is 10.2. The number of carbonyl (C=O) groups excluding carboxylic acids is 1. The monoisotopic (exact) mass is 291 g/mol. The van der Waals surface area contributed by atoms with Crippen LogP contribution in [0.25, 0.3) is 0 Å². The molecule has 1 aromatic carbocycles. The Hall–Kier alpha value is -2.11. The van der Waals surface area contributed by atoms with Crippen molar-refractivity contribution >= 4 is 17.3 Å². The Morgan fingerprint density at radius 1 is 1.19 bits per heavy atom. The lowest BCUT2D eigenvalue weighted by atomic mass is 10.2. The number of hydrogen-bond acceptors (Lipinski definition) is 4. The number of rotatable bonds is 6. The minimum Gasteiger partial charge on any atom is -0.385 e. The highest BCUT2D eigenvalue weighted by atomic mass is 16.6. The molecular formula is C15H21N3O3. The predicted octanol–water partition coefficient (Wildman–Crippen LogP) is 2.80. The van der Waals surface area contributed by atoms with E-state index in [-0.39, 0.29) is 11.6 Å². The van der Waals surface area contributed by atoms with E-state index in [0.717, 1.165) is 51.0 Å². The molecule has 6 nitrogen and oxygen atoms in total. The summed E-state index contributed by atoms with van der Waals surface area (Å²) in [6.07, 6.45) is 4.81. The Morgan fingerprint density at radius 3 is 2.67 bits per heavy atom. The van der Waals surface area contributed by atoms with Crippen molar-refractivity contribution in [2.75, 3.05) is 25.0 Å². The van der Waals surface area contributed by atoms with Gasteiger partial charge < -0.3 is 10.2 Å². The Labute approximate surface area is 124 Å². The first-order valence-electron chi connectivity index (χ1n) is 7.43. The van der Waals surface area contributed by atoms with E-state index in [1.807, 2.05) is 4.90 Å². The maximum atomic E-state index is 11.8. The molecule has 1 saturated heterocycles. The summed E-state index contributed by atoms with van der Waals surface area (Å²) in [6.45, 7) is 2.40. The maximum Gasteiger partial charge on any atom is 0.269 e. The Balaban J connectivity index is 1.71. The minimum absolute atomic E-state index is 0.0933. The number of carbonyl (C=O) groups is 1. The molecule has 0 saturated carbocycles. The van der Waals surface area contributed by atoms with Crippen LogP contribution in [0, 0.1) is 10.1 Å². The molecule has 0 bridgehead atoms. The molecule has 1 N–H and O–H groups in total. The lowest BCUT2D eigenvalue weighted by Crippen LogP contribution is -2.32. The maximum absolute atomic E-state index is 11.8. The normalized spacial score (nSPS) is 15.6. The van der Waals surface area contributed by atoms with Gasteiger partial charge in [-0.1, -0.05) is 6.42 Å². The SMILES string of the molecule is O=C1CCCCCN1CCCNc1ccc([N+](=O)[O-])cc1. The molecule has 1 aliphatic heterocycles. The van der Waals surface area contributed by atoms with Crippen LogP contribution in [-0.2, 0) is 4.79 Å². The van der Waals surface area contributed by atoms with Gasteiger partial charge in [-0.2, -0.15) is 0 Å². The molecule has 0 aliphatic carbocycles. The second-order valence-electron chi connectivity index (χ2n) is 5.28. The number of nitro groups is 1. The van der Waals surface area contributed by atoms with Crippen LogP contribution in [0.1, 0.15) is 32.1 Å². The van der Waals surface area contributed by atoms with Crippen molar-refractivity contribution in [1.29, 1.82) is 0 Å². The highest BCUT2D eigenvalue weighted by Gasteiger charge is 2.15. The summed E-state index contributed by atoms with van der Waals surface area (Å²) in [5, 5.41) is 13.8. The third-order valence-corrected chi connectivity index (χ3v) is 3.68. The zero-order valence-electron chi connectivity index (χ0n) is 12.1. The number of nitrogens with zero attached hydrogens (tertiary/aromatic N) is 2. The summed E-state index contributed by atoms with van der Waals surface area (Å²) in [7, 11) is 0. The zero-order chi connectivity index (χ0) is 15.1. The van der Waals surface area contributed by atoms with Crippen LogP contribution in [0.5, 0.6) is 0 Å². The second kappa shape index (κ2) is 7.61. The van der Waals surface area contributed by atoms with E-state index in [1.54, 1.807) is 12.1 Å². The molecule has 6 heteroatoms. The fraction of sp³-hybridized carbons (Fsp3) is 0.533. The van der Waals surface area contributed by atoms with Crippen molar-refractivity contribution in [3.8, 4) is 0 Å². The molecule has 0 radical (unpaired) electrons. The standard InChI is InChI=1S/C15H21N3O3/c19-15-5-2-1-3-11-17(15)12-4-10-16-13-6-8-14(9-7-13)18(20)21/h6-9,16H,1-5,10-12H2. The van der Waals surface area contributed by atoms with Gasteiger partial charge in [-0.3, -0.25) is 14.9 Å². The van der Waals surface area contributed by atoms with Crippen LogP contribution < -0.4 is 5.32 Å². The molecule has 1 heterocycles. The van der Waals surface area contributed by atoms with Crippen molar-refractivity contribution in [2.45, 2.75) is 32.1 Å². The van der Waals surface area contributed by atoms with Crippen LogP contribution in [-0.4, -0.2) is 35.4 Å². The number of nitro benzene ring substituents is 1. The van der Waals surface area contributed by atoms with Crippen LogP contribution in [0.3, 0.4) is 0 Å². The Kier molecular flexibility index (Phi) is 5.54. The van der Waals surface area contributed by atoms with Gasteiger partial charge in [0.2, 0.25) is 5.91 Å². The molecule has 0 unspecified atom stereocenters. The molecule has 1 amide bonds. The van der Waals surface area contributed by atoms with Crippen molar-refractivity contribution in [3.05, 3.63) is 34.4 Å². The molecule has 1 fully saturated rings. The number of non-ortho nitro benzene ring substituents is 1. The zero-order valence-corrected chi connectivity index (χ0v) is 12.1. The lowest BCUT2D eigenvalue weighted by Gasteiger charge is -2.20. The summed E-state index contributed by atoms with van der Waals surface area (Å²) >= 11 is 0. The third-order valence-electron chi connectivity index (χ3n) is 3.68. The average Bonchev–Trinajstić information content (AvgIpc) is 2.69. The number of hydrogen-bond donors (Lipinski definition) is 1. The quantitative estimate of drug-likeness (QED) is 0.497. The molecule has 0 aromatic heterocycles. The van der Waals surface area contributed by atoms with Crippen molar-refractivity contribution in [1.82, 2.24) is 4.90 Å². The largest absolute Gasteiger partial charge is 0.385 e. The summed E-state index contributed by atoms with van der Waals surface area (Å²) in [5.74, 6) is 0.267. The van der Waals surface area contributed by atoms with Gasteiger partial charge in [0.25, 0.3) is 5.69 Å². The van der Waals surface area contributed by atoms with E-state index >= 15 is 0 Å². The highest BCUT2D eigenvalue weighted by molar-refractivity contribution is 5.76. The summed E-state index contributed by atoms with van der Waals surface area (Å²) < 4.78 is 0. The van der Waals surface area contributed by atoms with E-state index in [2.05, 4.69) is 5.32 Å². The second-order valence-corrected chi connectivity index (χ2v) is 5.28. The van der Waals surface area contributed by atoms with Gasteiger partial charge >= 0.3 is 0 Å². The molecule has 1 aromatic rings. The van der Waals surface area contributed by atoms with Crippen molar-refractivity contribution < 1.29 is 9.72 Å². The molecule has 21 heavy (non-hydrogen) atoms. The first-order valence-corrected chi connectivity index (χ1v) is 7.43. The van der Waals surface area contributed by atoms with E-state index < -0.39 is 4.92 Å². The van der Waals surface area contributed by atoms with Crippen LogP contribution >= 0.6 is 0 Å². The van der Waals surface area contributed by atoms with Crippen LogP contribution in [0.15, 0.2) is 24.3 Å². The van der Waals surface area contributed by atoms with Gasteiger partial charge in [0.1, 0.15) is 0 Å². The molecule has 0 spiro atoms. The van der Waals surface area contributed by atoms with Gasteiger partial charge in [0.05, 0.1) is 4.92 Å². The van der Waals surface area contributed by atoms with Crippen LogP contribution in [0.4, 0.5) is 11.4 Å². The van der Waals surface area contributed by atoms with E-state index in [0.29, 0.717) is 6.42 Å². The molecular weight excluding hydrogens is 270 g/mol. The summed E-state index contributed by atoms with van der Waals surface area (Å²) in [5.41, 5.74) is 0.957. The number of benzene rings is 1. The van der Waals surface area contributed by atoms with Gasteiger partial charge in [-0.25, -0.2) is 0 Å². The number of likely N-dealkylation sites (tertiary alicyclic amines) is 1. The predicted molar refractivity (Wildman–Crippen MR) is 81.3 cm³/mol. The first kappa shape index (κ1) is 15.3. The molecule has 1 aliphatic rings. The fourth-order valence-corrected chi connectivity index (χ4v) is 2.48. The van der Waals surface area contributed by atoms with Crippen molar-refractivity contribution in [3.63, 3.8) is 0 Å². The Bertz CT molecular complexity index is 487. The number of anilines is 1.